The number of hydrogen-bond donors (Lipinski definition) is 3. The summed E-state index contributed by atoms with van der Waals surface area (Å²) in [7, 11) is 0. The van der Waals surface area contributed by atoms with E-state index in [1.54, 1.807) is 18.2 Å². The molecule has 0 atom stereocenters. The van der Waals surface area contributed by atoms with E-state index in [1.165, 1.54) is 24.3 Å². The zero-order valence-corrected chi connectivity index (χ0v) is 14.8. The first-order valence-corrected chi connectivity index (χ1v) is 7.99. The summed E-state index contributed by atoms with van der Waals surface area (Å²) in [5.41, 5.74) is 1.98. The van der Waals surface area contributed by atoms with Crippen molar-refractivity contribution >= 4 is 51.9 Å². The molecule has 0 heterocycles. The number of benzene rings is 2. The van der Waals surface area contributed by atoms with Crippen LogP contribution in [0.15, 0.2) is 42.5 Å². The molecular formula is C16H15ClN4O3S. The van der Waals surface area contributed by atoms with Crippen LogP contribution in [-0.4, -0.2) is 22.5 Å². The van der Waals surface area contributed by atoms with E-state index in [1.807, 2.05) is 6.92 Å². The Bertz CT molecular complexity index is 812. The van der Waals surface area contributed by atoms with E-state index >= 15 is 0 Å². The van der Waals surface area contributed by atoms with Gasteiger partial charge in [-0.3, -0.25) is 14.9 Å². The van der Waals surface area contributed by atoms with Crippen molar-refractivity contribution in [1.82, 2.24) is 5.32 Å². The van der Waals surface area contributed by atoms with Crippen molar-refractivity contribution in [3.63, 3.8) is 0 Å². The molecule has 7 nitrogen and oxygen atoms in total. The summed E-state index contributed by atoms with van der Waals surface area (Å²) in [6, 6.07) is 11.0. The summed E-state index contributed by atoms with van der Waals surface area (Å²) in [5, 5.41) is 19.8. The maximum Gasteiger partial charge on any atom is 0.269 e. The monoisotopic (exact) mass is 378 g/mol. The molecule has 2 aromatic carbocycles. The molecule has 0 radical (unpaired) electrons. The van der Waals surface area contributed by atoms with Crippen LogP contribution >= 0.6 is 23.8 Å². The van der Waals surface area contributed by atoms with Crippen LogP contribution in [-0.2, 0) is 4.79 Å². The molecule has 0 fully saturated rings. The van der Waals surface area contributed by atoms with E-state index in [9.17, 15) is 14.9 Å². The quantitative estimate of drug-likeness (QED) is 0.418. The van der Waals surface area contributed by atoms with Gasteiger partial charge in [0.05, 0.1) is 11.5 Å². The Morgan fingerprint density at radius 2 is 1.88 bits per heavy atom. The van der Waals surface area contributed by atoms with E-state index in [2.05, 4.69) is 16.0 Å². The number of hydrogen-bond acceptors (Lipinski definition) is 4. The normalized spacial score (nSPS) is 10.0. The number of amides is 1. The van der Waals surface area contributed by atoms with Crippen molar-refractivity contribution in [2.24, 2.45) is 0 Å². The number of nitrogens with one attached hydrogen (secondary N) is 3. The van der Waals surface area contributed by atoms with Crippen molar-refractivity contribution in [3.8, 4) is 0 Å². The van der Waals surface area contributed by atoms with Gasteiger partial charge in [-0.1, -0.05) is 17.7 Å². The molecule has 0 unspecified atom stereocenters. The Morgan fingerprint density at radius 1 is 1.20 bits per heavy atom. The molecule has 9 heteroatoms. The highest BCUT2D eigenvalue weighted by Gasteiger charge is 2.08. The second kappa shape index (κ2) is 8.41. The fourth-order valence-corrected chi connectivity index (χ4v) is 2.30. The number of carbonyl (C=O) groups is 1. The number of nitro groups is 1. The molecular weight excluding hydrogens is 364 g/mol. The second-order valence-electron chi connectivity index (χ2n) is 5.07. The van der Waals surface area contributed by atoms with Gasteiger partial charge in [0.2, 0.25) is 5.91 Å². The van der Waals surface area contributed by atoms with Gasteiger partial charge in [0.1, 0.15) is 0 Å². The topological polar surface area (TPSA) is 96.3 Å². The Labute approximate surface area is 154 Å². The van der Waals surface area contributed by atoms with Crippen molar-refractivity contribution in [2.45, 2.75) is 6.92 Å². The van der Waals surface area contributed by atoms with E-state index in [0.717, 1.165) is 5.56 Å². The minimum Gasteiger partial charge on any atom is -0.353 e. The zero-order chi connectivity index (χ0) is 18.4. The number of thiocarbonyl (C=S) groups is 1. The summed E-state index contributed by atoms with van der Waals surface area (Å²) in [4.78, 5) is 22.1. The van der Waals surface area contributed by atoms with E-state index in [-0.39, 0.29) is 23.3 Å². The zero-order valence-electron chi connectivity index (χ0n) is 13.2. The molecule has 1 amide bonds. The SMILES string of the molecule is Cc1c(Cl)cccc1NC(=O)CNC(=S)Nc1ccc([N+](=O)[O-])cc1. The van der Waals surface area contributed by atoms with Gasteiger partial charge in [-0.25, -0.2) is 0 Å². The lowest BCUT2D eigenvalue weighted by Crippen LogP contribution is -2.35. The Morgan fingerprint density at radius 3 is 2.52 bits per heavy atom. The molecule has 0 aromatic heterocycles. The summed E-state index contributed by atoms with van der Waals surface area (Å²) < 4.78 is 0. The van der Waals surface area contributed by atoms with E-state index in [4.69, 9.17) is 23.8 Å². The maximum atomic E-state index is 12.0. The standard InChI is InChI=1S/C16H15ClN4O3S/c1-10-13(17)3-2-4-14(10)20-15(22)9-18-16(25)19-11-5-7-12(8-6-11)21(23)24/h2-8H,9H2,1H3,(H,20,22)(H2,18,19,25). The molecule has 0 bridgehead atoms. The second-order valence-corrected chi connectivity index (χ2v) is 5.89. The molecule has 130 valence electrons. The van der Waals surface area contributed by atoms with Crippen LogP contribution in [0.2, 0.25) is 5.02 Å². The van der Waals surface area contributed by atoms with Crippen LogP contribution in [0.5, 0.6) is 0 Å². The fourth-order valence-electron chi connectivity index (χ4n) is 1.94. The third kappa shape index (κ3) is 5.40. The Balaban J connectivity index is 1.84. The first-order valence-electron chi connectivity index (χ1n) is 7.21. The van der Waals surface area contributed by atoms with Crippen LogP contribution in [0.3, 0.4) is 0 Å². The lowest BCUT2D eigenvalue weighted by molar-refractivity contribution is -0.384. The lowest BCUT2D eigenvalue weighted by Gasteiger charge is -2.12. The summed E-state index contributed by atoms with van der Waals surface area (Å²) in [5.74, 6) is -0.279. The minimum absolute atomic E-state index is 0.0132. The largest absolute Gasteiger partial charge is 0.353 e. The molecule has 0 aliphatic rings. The van der Waals surface area contributed by atoms with Gasteiger partial charge in [-0.2, -0.15) is 0 Å². The first kappa shape index (κ1) is 18.6. The van der Waals surface area contributed by atoms with Gasteiger partial charge in [0.25, 0.3) is 5.69 Å². The maximum absolute atomic E-state index is 12.0. The lowest BCUT2D eigenvalue weighted by atomic mass is 10.2. The molecule has 0 aliphatic carbocycles. The highest BCUT2D eigenvalue weighted by Crippen LogP contribution is 2.22. The third-order valence-corrected chi connectivity index (χ3v) is 3.94. The van der Waals surface area contributed by atoms with Crippen LogP contribution in [0, 0.1) is 17.0 Å². The van der Waals surface area contributed by atoms with Gasteiger partial charge in [0.15, 0.2) is 5.11 Å². The number of anilines is 2. The van der Waals surface area contributed by atoms with Gasteiger partial charge < -0.3 is 16.0 Å². The van der Waals surface area contributed by atoms with Crippen molar-refractivity contribution in [2.75, 3.05) is 17.2 Å². The highest BCUT2D eigenvalue weighted by molar-refractivity contribution is 7.80. The van der Waals surface area contributed by atoms with Gasteiger partial charge in [-0.05, 0) is 49.0 Å². The van der Waals surface area contributed by atoms with Crippen LogP contribution < -0.4 is 16.0 Å². The minimum atomic E-state index is -0.484. The van der Waals surface area contributed by atoms with E-state index in [0.29, 0.717) is 16.4 Å². The average molecular weight is 379 g/mol. The molecule has 0 spiro atoms. The molecule has 3 N–H and O–H groups in total. The third-order valence-electron chi connectivity index (χ3n) is 3.29. The highest BCUT2D eigenvalue weighted by atomic mass is 35.5. The molecule has 2 aromatic rings. The Kier molecular flexibility index (Phi) is 6.26. The van der Waals surface area contributed by atoms with Crippen molar-refractivity contribution in [3.05, 3.63) is 63.2 Å². The van der Waals surface area contributed by atoms with Crippen molar-refractivity contribution in [1.29, 1.82) is 0 Å². The molecule has 0 saturated heterocycles. The predicted molar refractivity (Wildman–Crippen MR) is 102 cm³/mol. The van der Waals surface area contributed by atoms with Crippen LogP contribution in [0.25, 0.3) is 0 Å². The van der Waals surface area contributed by atoms with Gasteiger partial charge >= 0.3 is 0 Å². The molecule has 25 heavy (non-hydrogen) atoms. The number of carbonyl (C=O) groups excluding carboxylic acids is 1. The van der Waals surface area contributed by atoms with Crippen molar-refractivity contribution < 1.29 is 9.72 Å². The summed E-state index contributed by atoms with van der Waals surface area (Å²) in [6.07, 6.45) is 0. The number of rotatable bonds is 5. The molecule has 0 saturated carbocycles. The van der Waals surface area contributed by atoms with Crippen LogP contribution in [0.1, 0.15) is 5.56 Å². The first-order chi connectivity index (χ1) is 11.9. The number of nitro benzene ring substituents is 1. The number of non-ortho nitro benzene ring substituents is 1. The molecule has 2 rings (SSSR count). The Hall–Kier alpha value is -2.71. The summed E-state index contributed by atoms with van der Waals surface area (Å²) >= 11 is 11.1. The van der Waals surface area contributed by atoms with Gasteiger partial charge in [-0.15, -0.1) is 0 Å². The summed E-state index contributed by atoms with van der Waals surface area (Å²) in [6.45, 7) is 1.77. The van der Waals surface area contributed by atoms with Gasteiger partial charge in [0, 0.05) is 28.5 Å². The smallest absolute Gasteiger partial charge is 0.269 e. The average Bonchev–Trinajstić information content (AvgIpc) is 2.58. The number of halogens is 1. The number of nitrogens with zero attached hydrogens (tertiary/aromatic N) is 1. The predicted octanol–water partition coefficient (Wildman–Crippen LogP) is 3.48. The fraction of sp³-hybridized carbons (Fsp3) is 0.125. The van der Waals surface area contributed by atoms with Crippen LogP contribution in [0.4, 0.5) is 17.1 Å². The molecule has 0 aliphatic heterocycles. The van der Waals surface area contributed by atoms with E-state index < -0.39 is 4.92 Å².